The lowest BCUT2D eigenvalue weighted by atomic mass is 10.3. The lowest BCUT2D eigenvalue weighted by Gasteiger charge is -2.06. The zero-order valence-corrected chi connectivity index (χ0v) is 9.40. The smallest absolute Gasteiger partial charge is 0.218 e. The second-order valence-electron chi connectivity index (χ2n) is 3.08. The Morgan fingerprint density at radius 1 is 1.25 bits per heavy atom. The number of hydrogen-bond acceptors (Lipinski definition) is 4. The van der Waals surface area contributed by atoms with Crippen molar-refractivity contribution < 1.29 is 4.74 Å². The highest BCUT2D eigenvalue weighted by atomic mass is 35.5. The molecule has 4 nitrogen and oxygen atoms in total. The number of rotatable bonds is 3. The van der Waals surface area contributed by atoms with Crippen LogP contribution >= 0.6 is 11.6 Å². The highest BCUT2D eigenvalue weighted by molar-refractivity contribution is 6.30. The maximum atomic E-state index is 5.87. The molecule has 0 saturated carbocycles. The van der Waals surface area contributed by atoms with Crippen LogP contribution in [-0.2, 0) is 0 Å². The normalized spacial score (nSPS) is 9.88. The van der Waals surface area contributed by atoms with Crippen LogP contribution in [0.5, 0.6) is 5.88 Å². The van der Waals surface area contributed by atoms with E-state index in [1.54, 1.807) is 13.2 Å². The van der Waals surface area contributed by atoms with E-state index in [0.717, 1.165) is 5.69 Å². The first-order valence-corrected chi connectivity index (χ1v) is 5.04. The third kappa shape index (κ3) is 2.61. The molecule has 0 aliphatic carbocycles. The van der Waals surface area contributed by atoms with Gasteiger partial charge in [-0.1, -0.05) is 17.7 Å². The first kappa shape index (κ1) is 10.7. The van der Waals surface area contributed by atoms with Crippen molar-refractivity contribution in [2.75, 3.05) is 12.4 Å². The molecule has 0 amide bonds. The van der Waals surface area contributed by atoms with Crippen molar-refractivity contribution >= 4 is 23.1 Å². The van der Waals surface area contributed by atoms with Crippen LogP contribution in [0.15, 0.2) is 36.7 Å². The molecule has 1 N–H and O–H groups in total. The zero-order chi connectivity index (χ0) is 11.4. The van der Waals surface area contributed by atoms with E-state index < -0.39 is 0 Å². The van der Waals surface area contributed by atoms with Crippen LogP contribution in [0.3, 0.4) is 0 Å². The van der Waals surface area contributed by atoms with Crippen LogP contribution in [0, 0.1) is 0 Å². The van der Waals surface area contributed by atoms with Crippen molar-refractivity contribution in [3.8, 4) is 5.88 Å². The number of ether oxygens (including phenoxy) is 1. The average molecular weight is 236 g/mol. The van der Waals surface area contributed by atoms with E-state index in [4.69, 9.17) is 16.3 Å². The van der Waals surface area contributed by atoms with E-state index >= 15 is 0 Å². The molecule has 16 heavy (non-hydrogen) atoms. The van der Waals surface area contributed by atoms with E-state index in [1.165, 1.54) is 6.33 Å². The summed E-state index contributed by atoms with van der Waals surface area (Å²) >= 11 is 5.87. The first-order valence-electron chi connectivity index (χ1n) is 4.66. The fraction of sp³-hybridized carbons (Fsp3) is 0.0909. The van der Waals surface area contributed by atoms with Gasteiger partial charge >= 0.3 is 0 Å². The molecule has 82 valence electrons. The molecule has 2 aromatic rings. The van der Waals surface area contributed by atoms with Gasteiger partial charge in [-0.15, -0.1) is 0 Å². The standard InChI is InChI=1S/C11H10ClN3O/c1-16-11-6-10(13-7-14-11)15-9-4-2-3-8(12)5-9/h2-7H,1H3,(H,13,14,15). The van der Waals surface area contributed by atoms with E-state index in [9.17, 15) is 0 Å². The van der Waals surface area contributed by atoms with E-state index in [-0.39, 0.29) is 0 Å². The number of nitrogens with one attached hydrogen (secondary N) is 1. The number of aromatic nitrogens is 2. The predicted octanol–water partition coefficient (Wildman–Crippen LogP) is 2.88. The van der Waals surface area contributed by atoms with E-state index in [2.05, 4.69) is 15.3 Å². The summed E-state index contributed by atoms with van der Waals surface area (Å²) in [5.41, 5.74) is 0.869. The van der Waals surface area contributed by atoms with Gasteiger partial charge in [0.1, 0.15) is 12.1 Å². The molecule has 0 aliphatic rings. The molecule has 0 atom stereocenters. The number of hydrogen-bond donors (Lipinski definition) is 1. The molecule has 0 fully saturated rings. The second kappa shape index (κ2) is 4.81. The van der Waals surface area contributed by atoms with Crippen molar-refractivity contribution in [2.45, 2.75) is 0 Å². The Kier molecular flexibility index (Phi) is 3.22. The van der Waals surface area contributed by atoms with Crippen molar-refractivity contribution in [2.24, 2.45) is 0 Å². The van der Waals surface area contributed by atoms with Gasteiger partial charge < -0.3 is 10.1 Å². The van der Waals surface area contributed by atoms with Gasteiger partial charge in [-0.05, 0) is 18.2 Å². The molecule has 1 aromatic heterocycles. The largest absolute Gasteiger partial charge is 0.481 e. The van der Waals surface area contributed by atoms with Gasteiger partial charge in [0.2, 0.25) is 5.88 Å². The van der Waals surface area contributed by atoms with Crippen LogP contribution in [0.25, 0.3) is 0 Å². The molecular weight excluding hydrogens is 226 g/mol. The third-order valence-electron chi connectivity index (χ3n) is 1.95. The molecule has 5 heteroatoms. The van der Waals surface area contributed by atoms with Crippen molar-refractivity contribution in [1.29, 1.82) is 0 Å². The highest BCUT2D eigenvalue weighted by Gasteiger charge is 1.99. The molecule has 0 aliphatic heterocycles. The highest BCUT2D eigenvalue weighted by Crippen LogP contribution is 2.19. The van der Waals surface area contributed by atoms with Gasteiger partial charge in [0.15, 0.2) is 0 Å². The lowest BCUT2D eigenvalue weighted by molar-refractivity contribution is 0.397. The average Bonchev–Trinajstić information content (AvgIpc) is 2.29. The van der Waals surface area contributed by atoms with Crippen LogP contribution in [0.4, 0.5) is 11.5 Å². The Balaban J connectivity index is 2.20. The summed E-state index contributed by atoms with van der Waals surface area (Å²) in [5, 5.41) is 3.78. The molecular formula is C11H10ClN3O. The van der Waals surface area contributed by atoms with Crippen LogP contribution < -0.4 is 10.1 Å². The fourth-order valence-electron chi connectivity index (χ4n) is 1.23. The minimum atomic E-state index is 0.513. The van der Waals surface area contributed by atoms with E-state index in [0.29, 0.717) is 16.7 Å². The Hall–Kier alpha value is -1.81. The topological polar surface area (TPSA) is 47.0 Å². The van der Waals surface area contributed by atoms with Crippen LogP contribution in [-0.4, -0.2) is 17.1 Å². The summed E-state index contributed by atoms with van der Waals surface area (Å²) in [6.07, 6.45) is 1.44. The summed E-state index contributed by atoms with van der Waals surface area (Å²) in [6, 6.07) is 9.11. The molecule has 1 heterocycles. The minimum Gasteiger partial charge on any atom is -0.481 e. The molecule has 2 rings (SSSR count). The van der Waals surface area contributed by atoms with Crippen LogP contribution in [0.2, 0.25) is 5.02 Å². The Labute approximate surface area is 98.3 Å². The maximum absolute atomic E-state index is 5.87. The van der Waals surface area contributed by atoms with Crippen molar-refractivity contribution in [3.63, 3.8) is 0 Å². The molecule has 0 unspecified atom stereocenters. The zero-order valence-electron chi connectivity index (χ0n) is 8.64. The Morgan fingerprint density at radius 3 is 2.88 bits per heavy atom. The number of benzene rings is 1. The number of methoxy groups -OCH3 is 1. The molecule has 0 spiro atoms. The second-order valence-corrected chi connectivity index (χ2v) is 3.52. The summed E-state index contributed by atoms with van der Waals surface area (Å²) < 4.78 is 5.00. The summed E-state index contributed by atoms with van der Waals surface area (Å²) in [5.74, 6) is 1.17. The summed E-state index contributed by atoms with van der Waals surface area (Å²) in [6.45, 7) is 0. The number of halogens is 1. The third-order valence-corrected chi connectivity index (χ3v) is 2.18. The molecule has 1 aromatic carbocycles. The fourth-order valence-corrected chi connectivity index (χ4v) is 1.42. The lowest BCUT2D eigenvalue weighted by Crippen LogP contribution is -1.95. The van der Waals surface area contributed by atoms with Gasteiger partial charge in [0, 0.05) is 16.8 Å². The Morgan fingerprint density at radius 2 is 2.12 bits per heavy atom. The van der Waals surface area contributed by atoms with Gasteiger partial charge in [0.05, 0.1) is 7.11 Å². The predicted molar refractivity (Wildman–Crippen MR) is 63.3 cm³/mol. The van der Waals surface area contributed by atoms with E-state index in [1.807, 2.05) is 24.3 Å². The minimum absolute atomic E-state index is 0.513. The maximum Gasteiger partial charge on any atom is 0.218 e. The number of anilines is 2. The van der Waals surface area contributed by atoms with Gasteiger partial charge in [0.25, 0.3) is 0 Å². The molecule has 0 bridgehead atoms. The van der Waals surface area contributed by atoms with Crippen LogP contribution in [0.1, 0.15) is 0 Å². The first-order chi connectivity index (χ1) is 7.78. The van der Waals surface area contributed by atoms with Gasteiger partial charge in [-0.2, -0.15) is 0 Å². The van der Waals surface area contributed by atoms with Gasteiger partial charge in [-0.25, -0.2) is 9.97 Å². The Bertz CT molecular complexity index is 490. The molecule has 0 saturated heterocycles. The summed E-state index contributed by atoms with van der Waals surface area (Å²) in [4.78, 5) is 7.98. The van der Waals surface area contributed by atoms with Crippen molar-refractivity contribution in [3.05, 3.63) is 41.7 Å². The summed E-state index contributed by atoms with van der Waals surface area (Å²) in [7, 11) is 1.56. The van der Waals surface area contributed by atoms with Crippen molar-refractivity contribution in [1.82, 2.24) is 9.97 Å². The molecule has 0 radical (unpaired) electrons. The van der Waals surface area contributed by atoms with Gasteiger partial charge in [-0.3, -0.25) is 0 Å². The quantitative estimate of drug-likeness (QED) is 0.889. The number of nitrogens with zero attached hydrogens (tertiary/aromatic N) is 2. The SMILES string of the molecule is COc1cc(Nc2cccc(Cl)c2)ncn1. The monoisotopic (exact) mass is 235 g/mol.